The lowest BCUT2D eigenvalue weighted by molar-refractivity contribution is 0.947. The lowest BCUT2D eigenvalue weighted by Crippen LogP contribution is -1.82. The number of nitrogens with zero attached hydrogens (tertiary/aromatic N) is 3. The first-order chi connectivity index (χ1) is 4.88. The number of aryl methyl sites for hydroxylation is 1. The molecule has 2 heterocycles. The molecule has 0 aliphatic heterocycles. The maximum atomic E-state index is 4.12. The van der Waals surface area contributed by atoms with Crippen LogP contribution >= 0.6 is 0 Å². The lowest BCUT2D eigenvalue weighted by Gasteiger charge is -1.89. The van der Waals surface area contributed by atoms with Crippen molar-refractivity contribution in [2.45, 2.75) is 0 Å². The van der Waals surface area contributed by atoms with Gasteiger partial charge in [0.1, 0.15) is 5.52 Å². The molecule has 0 saturated carbocycles. The van der Waals surface area contributed by atoms with Crippen LogP contribution in [0.4, 0.5) is 0 Å². The fraction of sp³-hybridized carbons (Fsp3) is 0.143. The fourth-order valence-corrected chi connectivity index (χ4v) is 0.988. The summed E-state index contributed by atoms with van der Waals surface area (Å²) in [5.41, 5.74) is 2.07. The van der Waals surface area contributed by atoms with E-state index in [9.17, 15) is 0 Å². The van der Waals surface area contributed by atoms with Crippen molar-refractivity contribution in [3.05, 3.63) is 24.8 Å². The highest BCUT2D eigenvalue weighted by molar-refractivity contribution is 5.73. The summed E-state index contributed by atoms with van der Waals surface area (Å²) in [6.45, 7) is 0. The molecule has 0 bridgehead atoms. The molecule has 10 heavy (non-hydrogen) atoms. The van der Waals surface area contributed by atoms with Crippen molar-refractivity contribution < 1.29 is 1.43 Å². The quantitative estimate of drug-likeness (QED) is 0.539. The van der Waals surface area contributed by atoms with Gasteiger partial charge in [0.05, 0.1) is 18.0 Å². The van der Waals surface area contributed by atoms with Gasteiger partial charge in [-0.15, -0.1) is 0 Å². The third-order valence-corrected chi connectivity index (χ3v) is 1.53. The Bertz CT molecular complexity index is 355. The second-order valence-electron chi connectivity index (χ2n) is 2.22. The van der Waals surface area contributed by atoms with Crippen molar-refractivity contribution >= 4 is 11.0 Å². The summed E-state index contributed by atoms with van der Waals surface area (Å²) in [5.74, 6) is 0. The van der Waals surface area contributed by atoms with Crippen molar-refractivity contribution in [1.82, 2.24) is 14.5 Å². The molecule has 50 valence electrons. The van der Waals surface area contributed by atoms with Gasteiger partial charge >= 0.3 is 1.43 Å². The molecule has 2 aromatic heterocycles. The number of fused-ring (bicyclic) bond motifs is 1. The Morgan fingerprint density at radius 2 is 2.50 bits per heavy atom. The molecule has 2 aromatic rings. The Balaban J connectivity index is 0.000000605. The maximum absolute atomic E-state index is 4.12. The zero-order chi connectivity index (χ0) is 6.97. The van der Waals surface area contributed by atoms with E-state index in [1.807, 2.05) is 17.7 Å². The minimum Gasteiger partial charge on any atom is -0.334 e. The van der Waals surface area contributed by atoms with Gasteiger partial charge in [0, 0.05) is 13.2 Å². The molecule has 0 aromatic carbocycles. The second kappa shape index (κ2) is 1.80. The molecular formula is C7H8N3+. The van der Waals surface area contributed by atoms with Gasteiger partial charge in [0.25, 0.3) is 0 Å². The summed E-state index contributed by atoms with van der Waals surface area (Å²) in [6.07, 6.45) is 5.31. The molecule has 0 aliphatic rings. The Labute approximate surface area is 59.8 Å². The van der Waals surface area contributed by atoms with Crippen LogP contribution in [-0.4, -0.2) is 14.5 Å². The van der Waals surface area contributed by atoms with Crippen LogP contribution in [0, 0.1) is 0 Å². The van der Waals surface area contributed by atoms with Crippen LogP contribution in [-0.2, 0) is 7.05 Å². The van der Waals surface area contributed by atoms with Gasteiger partial charge in [-0.25, -0.2) is 4.98 Å². The molecule has 0 unspecified atom stereocenters. The molecule has 3 heteroatoms. The predicted molar refractivity (Wildman–Crippen MR) is 39.6 cm³/mol. The zero-order valence-corrected chi connectivity index (χ0v) is 5.65. The van der Waals surface area contributed by atoms with E-state index < -0.39 is 0 Å². The number of hydrogen-bond acceptors (Lipinski definition) is 2. The van der Waals surface area contributed by atoms with Gasteiger partial charge in [-0.1, -0.05) is 0 Å². The van der Waals surface area contributed by atoms with Crippen molar-refractivity contribution in [1.29, 1.82) is 0 Å². The summed E-state index contributed by atoms with van der Waals surface area (Å²) in [7, 11) is 1.97. The van der Waals surface area contributed by atoms with E-state index in [-0.39, 0.29) is 1.43 Å². The summed E-state index contributed by atoms with van der Waals surface area (Å²) in [4.78, 5) is 8.07. The molecule has 2 rings (SSSR count). The molecule has 3 nitrogen and oxygen atoms in total. The number of pyridine rings is 1. The lowest BCUT2D eigenvalue weighted by atomic mass is 10.4. The van der Waals surface area contributed by atoms with Gasteiger partial charge in [0.15, 0.2) is 0 Å². The van der Waals surface area contributed by atoms with Crippen molar-refractivity contribution in [3.8, 4) is 0 Å². The highest BCUT2D eigenvalue weighted by Gasteiger charge is 1.94. The van der Waals surface area contributed by atoms with Crippen LogP contribution in [0.15, 0.2) is 24.8 Å². The van der Waals surface area contributed by atoms with Gasteiger partial charge in [-0.05, 0) is 6.07 Å². The number of rotatable bonds is 0. The number of aromatic nitrogens is 3. The first-order valence-corrected chi connectivity index (χ1v) is 3.09. The van der Waals surface area contributed by atoms with Gasteiger partial charge in [-0.3, -0.25) is 4.98 Å². The monoisotopic (exact) mass is 134 g/mol. The van der Waals surface area contributed by atoms with E-state index in [4.69, 9.17) is 0 Å². The smallest absolute Gasteiger partial charge is 0.334 e. The largest absolute Gasteiger partial charge is 1.00 e. The van der Waals surface area contributed by atoms with Crippen LogP contribution < -0.4 is 0 Å². The standard InChI is InChI=1S/C7H7N3/c1-10-5-9-6-4-8-3-2-7(6)10/h2-5H,1H3/p+1. The van der Waals surface area contributed by atoms with Crippen LogP contribution in [0.2, 0.25) is 0 Å². The third-order valence-electron chi connectivity index (χ3n) is 1.53. The summed E-state index contributed by atoms with van der Waals surface area (Å²) in [6, 6.07) is 1.95. The third kappa shape index (κ3) is 0.603. The minimum atomic E-state index is 0. The van der Waals surface area contributed by atoms with Crippen molar-refractivity contribution in [3.63, 3.8) is 0 Å². The van der Waals surface area contributed by atoms with E-state index >= 15 is 0 Å². The average Bonchev–Trinajstić information content (AvgIpc) is 2.34. The molecule has 0 N–H and O–H groups in total. The molecule has 0 spiro atoms. The van der Waals surface area contributed by atoms with Crippen molar-refractivity contribution in [2.24, 2.45) is 7.05 Å². The second-order valence-corrected chi connectivity index (χ2v) is 2.22. The van der Waals surface area contributed by atoms with Gasteiger partial charge in [0.2, 0.25) is 0 Å². The van der Waals surface area contributed by atoms with Crippen LogP contribution in [0.25, 0.3) is 11.0 Å². The van der Waals surface area contributed by atoms with E-state index in [2.05, 4.69) is 9.97 Å². The van der Waals surface area contributed by atoms with Crippen LogP contribution in [0.3, 0.4) is 0 Å². The Morgan fingerprint density at radius 3 is 3.30 bits per heavy atom. The van der Waals surface area contributed by atoms with E-state index in [1.165, 1.54) is 0 Å². The number of hydrogen-bond donors (Lipinski definition) is 0. The van der Waals surface area contributed by atoms with E-state index in [0.29, 0.717) is 0 Å². The fourth-order valence-electron chi connectivity index (χ4n) is 0.988. The summed E-state index contributed by atoms with van der Waals surface area (Å²) < 4.78 is 1.97. The molecule has 0 fully saturated rings. The first kappa shape index (κ1) is 5.41. The zero-order valence-electron chi connectivity index (χ0n) is 6.65. The summed E-state index contributed by atoms with van der Waals surface area (Å²) >= 11 is 0. The predicted octanol–water partition coefficient (Wildman–Crippen LogP) is 1.08. The Kier molecular flexibility index (Phi) is 0.974. The Hall–Kier alpha value is -1.38. The van der Waals surface area contributed by atoms with Crippen LogP contribution in [0.5, 0.6) is 0 Å². The summed E-state index contributed by atoms with van der Waals surface area (Å²) in [5, 5.41) is 0. The molecule has 0 amide bonds. The van der Waals surface area contributed by atoms with E-state index in [0.717, 1.165) is 11.0 Å². The highest BCUT2D eigenvalue weighted by Crippen LogP contribution is 2.06. The molecule has 0 aliphatic carbocycles. The van der Waals surface area contributed by atoms with Crippen LogP contribution in [0.1, 0.15) is 1.43 Å². The highest BCUT2D eigenvalue weighted by atomic mass is 15.0. The Morgan fingerprint density at radius 1 is 1.60 bits per heavy atom. The molecule has 0 radical (unpaired) electrons. The van der Waals surface area contributed by atoms with E-state index in [1.54, 1.807) is 18.7 Å². The number of imidazole rings is 1. The maximum Gasteiger partial charge on any atom is 1.00 e. The average molecular weight is 134 g/mol. The topological polar surface area (TPSA) is 30.7 Å². The molecule has 0 atom stereocenters. The SMILES string of the molecule is Cn1cnc2cnccc21.[H+]. The van der Waals surface area contributed by atoms with Gasteiger partial charge in [-0.2, -0.15) is 0 Å². The molecular weight excluding hydrogens is 126 g/mol. The molecule has 0 saturated heterocycles. The minimum absolute atomic E-state index is 0. The van der Waals surface area contributed by atoms with Crippen molar-refractivity contribution in [2.75, 3.05) is 0 Å². The first-order valence-electron chi connectivity index (χ1n) is 3.09. The normalized spacial score (nSPS) is 10.5. The van der Waals surface area contributed by atoms with Gasteiger partial charge < -0.3 is 4.57 Å².